The fourth-order valence-electron chi connectivity index (χ4n) is 3.33. The van der Waals surface area contributed by atoms with E-state index in [2.05, 4.69) is 26.1 Å². The second kappa shape index (κ2) is 9.88. The lowest BCUT2D eigenvalue weighted by atomic mass is 9.87. The number of carbonyl (C=O) groups excluding carboxylic acids is 1. The monoisotopic (exact) mass is 432 g/mol. The molecule has 0 aromatic heterocycles. The summed E-state index contributed by atoms with van der Waals surface area (Å²) in [6.45, 7) is 4.78. The molecular formula is C21H25BrN2O3. The third-order valence-electron chi connectivity index (χ3n) is 4.81. The summed E-state index contributed by atoms with van der Waals surface area (Å²) < 4.78 is 6.22. The molecule has 0 unspecified atom stereocenters. The highest BCUT2D eigenvalue weighted by molar-refractivity contribution is 9.10. The van der Waals surface area contributed by atoms with Crippen molar-refractivity contribution in [1.29, 1.82) is 0 Å². The number of hydrogen-bond donors (Lipinski definition) is 2. The molecule has 0 aliphatic carbocycles. The molecule has 1 atom stereocenters. The Balaban J connectivity index is 1.66. The fourth-order valence-corrected chi connectivity index (χ4v) is 3.71. The van der Waals surface area contributed by atoms with Crippen molar-refractivity contribution in [1.82, 2.24) is 10.2 Å². The number of amides is 1. The Morgan fingerprint density at radius 3 is 2.67 bits per heavy atom. The van der Waals surface area contributed by atoms with E-state index in [4.69, 9.17) is 4.74 Å². The Bertz CT molecular complexity index is 748. The van der Waals surface area contributed by atoms with E-state index in [1.165, 1.54) is 0 Å². The number of rotatable bonds is 7. The predicted molar refractivity (Wildman–Crippen MR) is 109 cm³/mol. The molecule has 2 N–H and O–H groups in total. The number of nitrogens with one attached hydrogen (secondary N) is 1. The maximum Gasteiger partial charge on any atom is 0.220 e. The highest BCUT2D eigenvalue weighted by Crippen LogP contribution is 2.35. The summed E-state index contributed by atoms with van der Waals surface area (Å²) in [5, 5.41) is 13.4. The van der Waals surface area contributed by atoms with E-state index in [-0.39, 0.29) is 24.0 Å². The normalized spacial score (nSPS) is 16.0. The van der Waals surface area contributed by atoms with E-state index in [0.29, 0.717) is 6.54 Å². The van der Waals surface area contributed by atoms with Gasteiger partial charge in [-0.1, -0.05) is 46.3 Å². The maximum atomic E-state index is 12.6. The van der Waals surface area contributed by atoms with Gasteiger partial charge in [0.25, 0.3) is 0 Å². The van der Waals surface area contributed by atoms with E-state index in [0.717, 1.165) is 48.4 Å². The number of halogens is 1. The molecule has 144 valence electrons. The molecule has 1 aliphatic heterocycles. The Morgan fingerprint density at radius 1 is 1.19 bits per heavy atom. The summed E-state index contributed by atoms with van der Waals surface area (Å²) >= 11 is 3.46. The molecule has 6 heteroatoms. The molecule has 0 spiro atoms. The van der Waals surface area contributed by atoms with Crippen molar-refractivity contribution in [3.63, 3.8) is 0 Å². The zero-order valence-corrected chi connectivity index (χ0v) is 16.8. The van der Waals surface area contributed by atoms with Crippen molar-refractivity contribution < 1.29 is 14.6 Å². The van der Waals surface area contributed by atoms with Crippen LogP contribution in [0.3, 0.4) is 0 Å². The van der Waals surface area contributed by atoms with Gasteiger partial charge >= 0.3 is 0 Å². The molecule has 2 aromatic carbocycles. The van der Waals surface area contributed by atoms with Crippen molar-refractivity contribution in [2.45, 2.75) is 12.3 Å². The highest BCUT2D eigenvalue weighted by Gasteiger charge is 2.21. The van der Waals surface area contributed by atoms with Crippen LogP contribution in [0.4, 0.5) is 0 Å². The smallest absolute Gasteiger partial charge is 0.220 e. The molecule has 27 heavy (non-hydrogen) atoms. The molecule has 0 radical (unpaired) electrons. The Morgan fingerprint density at radius 2 is 1.93 bits per heavy atom. The van der Waals surface area contributed by atoms with Gasteiger partial charge in [0, 0.05) is 48.6 Å². The maximum absolute atomic E-state index is 12.6. The van der Waals surface area contributed by atoms with Crippen molar-refractivity contribution in [2.24, 2.45) is 0 Å². The Hall–Kier alpha value is -1.89. The van der Waals surface area contributed by atoms with Gasteiger partial charge in [-0.3, -0.25) is 9.69 Å². The summed E-state index contributed by atoms with van der Waals surface area (Å²) in [7, 11) is 0. The number of phenols is 1. The van der Waals surface area contributed by atoms with Crippen LogP contribution in [0, 0.1) is 0 Å². The predicted octanol–water partition coefficient (Wildman–Crippen LogP) is 3.13. The first-order valence-corrected chi connectivity index (χ1v) is 10.0. The van der Waals surface area contributed by atoms with E-state index >= 15 is 0 Å². The number of morpholine rings is 1. The van der Waals surface area contributed by atoms with Gasteiger partial charge in [0.15, 0.2) is 0 Å². The molecule has 0 saturated carbocycles. The number of benzene rings is 2. The van der Waals surface area contributed by atoms with Gasteiger partial charge in [0.2, 0.25) is 5.91 Å². The molecule has 1 saturated heterocycles. The zero-order valence-electron chi connectivity index (χ0n) is 15.2. The van der Waals surface area contributed by atoms with E-state index < -0.39 is 0 Å². The van der Waals surface area contributed by atoms with Gasteiger partial charge in [0.1, 0.15) is 5.75 Å². The number of hydrogen-bond acceptors (Lipinski definition) is 4. The molecule has 2 aromatic rings. The lowest BCUT2D eigenvalue weighted by molar-refractivity contribution is -0.121. The Labute approximate surface area is 168 Å². The van der Waals surface area contributed by atoms with E-state index in [1.807, 2.05) is 36.4 Å². The first kappa shape index (κ1) is 19.9. The quantitative estimate of drug-likeness (QED) is 0.705. The van der Waals surface area contributed by atoms with Gasteiger partial charge in [-0.25, -0.2) is 0 Å². The highest BCUT2D eigenvalue weighted by atomic mass is 79.9. The van der Waals surface area contributed by atoms with Crippen LogP contribution in [-0.2, 0) is 9.53 Å². The molecule has 5 nitrogen and oxygen atoms in total. The number of nitrogens with zero attached hydrogens (tertiary/aromatic N) is 1. The summed E-state index contributed by atoms with van der Waals surface area (Å²) in [5.41, 5.74) is 1.76. The van der Waals surface area contributed by atoms with E-state index in [1.54, 1.807) is 12.1 Å². The lowest BCUT2D eigenvalue weighted by Crippen LogP contribution is -2.41. The average molecular weight is 433 g/mol. The van der Waals surface area contributed by atoms with Crippen LogP contribution in [0.2, 0.25) is 0 Å². The minimum atomic E-state index is -0.202. The number of phenolic OH excluding ortho intramolecular Hbond substituents is 1. The van der Waals surface area contributed by atoms with Gasteiger partial charge in [-0.05, 0) is 23.8 Å². The van der Waals surface area contributed by atoms with Crippen molar-refractivity contribution in [2.75, 3.05) is 39.4 Å². The van der Waals surface area contributed by atoms with Crippen molar-refractivity contribution in [3.05, 3.63) is 64.1 Å². The molecule has 0 bridgehead atoms. The van der Waals surface area contributed by atoms with Crippen LogP contribution in [0.25, 0.3) is 0 Å². The average Bonchev–Trinajstić information content (AvgIpc) is 2.70. The minimum absolute atomic E-state index is 0.0171. The number of carbonyl (C=O) groups is 1. The second-order valence-electron chi connectivity index (χ2n) is 6.67. The SMILES string of the molecule is O=C(C[C@H](c1ccccc1)c1cc(Br)ccc1O)NCCN1CCOCC1. The minimum Gasteiger partial charge on any atom is -0.508 e. The molecular weight excluding hydrogens is 408 g/mol. The van der Waals surface area contributed by atoms with Gasteiger partial charge < -0.3 is 15.2 Å². The largest absolute Gasteiger partial charge is 0.508 e. The van der Waals surface area contributed by atoms with E-state index in [9.17, 15) is 9.90 Å². The number of ether oxygens (including phenoxy) is 1. The third-order valence-corrected chi connectivity index (χ3v) is 5.30. The summed E-state index contributed by atoms with van der Waals surface area (Å²) in [6.07, 6.45) is 0.289. The molecule has 1 amide bonds. The summed E-state index contributed by atoms with van der Waals surface area (Å²) in [6, 6.07) is 15.2. The first-order valence-electron chi connectivity index (χ1n) is 9.23. The van der Waals surface area contributed by atoms with Gasteiger partial charge in [-0.2, -0.15) is 0 Å². The Kier molecular flexibility index (Phi) is 7.26. The summed E-state index contributed by atoms with van der Waals surface area (Å²) in [4.78, 5) is 14.9. The standard InChI is InChI=1S/C21H25BrN2O3/c22-17-6-7-20(25)19(14-17)18(16-4-2-1-3-5-16)15-21(26)23-8-9-24-10-12-27-13-11-24/h1-7,14,18,25H,8-13,15H2,(H,23,26)/t18-/m1/s1. The van der Waals surface area contributed by atoms with Crippen LogP contribution >= 0.6 is 15.9 Å². The fraction of sp³-hybridized carbons (Fsp3) is 0.381. The topological polar surface area (TPSA) is 61.8 Å². The molecule has 1 heterocycles. The van der Waals surface area contributed by atoms with Crippen LogP contribution in [-0.4, -0.2) is 55.3 Å². The second-order valence-corrected chi connectivity index (χ2v) is 7.59. The molecule has 1 aliphatic rings. The van der Waals surface area contributed by atoms with Crippen LogP contribution in [0.1, 0.15) is 23.5 Å². The van der Waals surface area contributed by atoms with Crippen LogP contribution in [0.5, 0.6) is 5.75 Å². The van der Waals surface area contributed by atoms with Crippen LogP contribution in [0.15, 0.2) is 53.0 Å². The number of aromatic hydroxyl groups is 1. The lowest BCUT2D eigenvalue weighted by Gasteiger charge is -2.26. The molecule has 1 fully saturated rings. The van der Waals surface area contributed by atoms with Gasteiger partial charge in [-0.15, -0.1) is 0 Å². The summed E-state index contributed by atoms with van der Waals surface area (Å²) in [5.74, 6) is -0.0169. The first-order chi connectivity index (χ1) is 13.1. The van der Waals surface area contributed by atoms with Crippen molar-refractivity contribution in [3.8, 4) is 5.75 Å². The van der Waals surface area contributed by atoms with Gasteiger partial charge in [0.05, 0.1) is 13.2 Å². The third kappa shape index (κ3) is 5.79. The van der Waals surface area contributed by atoms with Crippen molar-refractivity contribution >= 4 is 21.8 Å². The van der Waals surface area contributed by atoms with Crippen LogP contribution < -0.4 is 5.32 Å². The molecule has 3 rings (SSSR count). The zero-order chi connectivity index (χ0) is 19.1.